The van der Waals surface area contributed by atoms with Crippen LogP contribution >= 0.6 is 0 Å². The normalized spacial score (nSPS) is 14.2. The number of hydrogen-bond acceptors (Lipinski definition) is 4. The van der Waals surface area contributed by atoms with Crippen molar-refractivity contribution in [2.45, 2.75) is 115 Å². The summed E-state index contributed by atoms with van der Waals surface area (Å²) in [4.78, 5) is 0. The molecule has 0 rings (SSSR count). The van der Waals surface area contributed by atoms with E-state index in [2.05, 4.69) is 13.8 Å². The summed E-state index contributed by atoms with van der Waals surface area (Å²) >= 11 is 0. The standard InChI is InChI=1S/C18H38O4S.K/c1-3-5-7-9-10-12-14-16-18(23(20,21)22)17(19)15-13-11-8-6-4-2;/h17-19H,3-16H2,1-2H3,(H,20,21,22);/q;+1/p-1. The second-order valence-electron chi connectivity index (χ2n) is 6.71. The van der Waals surface area contributed by atoms with Gasteiger partial charge >= 0.3 is 51.4 Å². The van der Waals surface area contributed by atoms with Crippen LogP contribution < -0.4 is 51.4 Å². The molecule has 0 bridgehead atoms. The molecule has 6 heteroatoms. The van der Waals surface area contributed by atoms with E-state index in [9.17, 15) is 18.1 Å². The molecule has 140 valence electrons. The quantitative estimate of drug-likeness (QED) is 0.248. The van der Waals surface area contributed by atoms with Gasteiger partial charge in [-0.1, -0.05) is 90.9 Å². The molecule has 0 saturated heterocycles. The Morgan fingerprint density at radius 2 is 1.12 bits per heavy atom. The van der Waals surface area contributed by atoms with Crippen molar-refractivity contribution < 1.29 is 69.5 Å². The molecule has 0 heterocycles. The van der Waals surface area contributed by atoms with Gasteiger partial charge in [-0.2, -0.15) is 0 Å². The average molecular weight is 389 g/mol. The van der Waals surface area contributed by atoms with Crippen LogP contribution in [0.4, 0.5) is 0 Å². The SMILES string of the molecule is CCCCCCCCCC(C(O)CCCCCCC)S(=O)(=O)[O-].[K+]. The van der Waals surface area contributed by atoms with Gasteiger partial charge in [0.25, 0.3) is 0 Å². The molecule has 2 unspecified atom stereocenters. The van der Waals surface area contributed by atoms with Gasteiger partial charge < -0.3 is 9.66 Å². The van der Waals surface area contributed by atoms with Crippen LogP contribution in [0.5, 0.6) is 0 Å². The van der Waals surface area contributed by atoms with E-state index in [1.165, 1.54) is 25.7 Å². The molecule has 1 N–H and O–H groups in total. The number of hydrogen-bond donors (Lipinski definition) is 1. The summed E-state index contributed by atoms with van der Waals surface area (Å²) in [5, 5.41) is 8.97. The van der Waals surface area contributed by atoms with Gasteiger partial charge in [-0.3, -0.25) is 0 Å². The molecule has 0 aliphatic rings. The molecular weight excluding hydrogens is 351 g/mol. The fourth-order valence-electron chi connectivity index (χ4n) is 2.97. The first-order chi connectivity index (χ1) is 10.9. The Balaban J connectivity index is 0. The van der Waals surface area contributed by atoms with Crippen LogP contribution in [0.3, 0.4) is 0 Å². The summed E-state index contributed by atoms with van der Waals surface area (Å²) in [7, 11) is -4.41. The van der Waals surface area contributed by atoms with Gasteiger partial charge in [0.05, 0.1) is 11.4 Å². The van der Waals surface area contributed by atoms with Crippen molar-refractivity contribution in [2.75, 3.05) is 0 Å². The summed E-state index contributed by atoms with van der Waals surface area (Å²) in [6, 6.07) is 0. The van der Waals surface area contributed by atoms with Crippen LogP contribution in [-0.2, 0) is 10.1 Å². The number of rotatable bonds is 16. The van der Waals surface area contributed by atoms with E-state index in [-0.39, 0.29) is 51.4 Å². The van der Waals surface area contributed by atoms with Gasteiger partial charge in [-0.15, -0.1) is 0 Å². The number of aliphatic hydroxyl groups is 1. The summed E-state index contributed by atoms with van der Waals surface area (Å²) in [5.41, 5.74) is 0. The second kappa shape index (κ2) is 17.9. The van der Waals surface area contributed by atoms with Crippen LogP contribution in [0.25, 0.3) is 0 Å². The fourth-order valence-corrected chi connectivity index (χ4v) is 3.95. The van der Waals surface area contributed by atoms with E-state index in [0.29, 0.717) is 19.3 Å². The van der Waals surface area contributed by atoms with Crippen molar-refractivity contribution in [3.63, 3.8) is 0 Å². The topological polar surface area (TPSA) is 77.4 Å². The Morgan fingerprint density at radius 1 is 0.750 bits per heavy atom. The van der Waals surface area contributed by atoms with E-state index >= 15 is 0 Å². The molecule has 0 radical (unpaired) electrons. The Kier molecular flexibility index (Phi) is 20.7. The van der Waals surface area contributed by atoms with E-state index in [4.69, 9.17) is 0 Å². The molecule has 0 aromatic heterocycles. The molecule has 0 aliphatic carbocycles. The van der Waals surface area contributed by atoms with E-state index in [1.54, 1.807) is 0 Å². The zero-order valence-electron chi connectivity index (χ0n) is 16.1. The molecule has 24 heavy (non-hydrogen) atoms. The maximum atomic E-state index is 11.4. The zero-order chi connectivity index (χ0) is 17.6. The predicted octanol–water partition coefficient (Wildman–Crippen LogP) is 1.77. The summed E-state index contributed by atoms with van der Waals surface area (Å²) < 4.78 is 34.2. The molecule has 0 fully saturated rings. The van der Waals surface area contributed by atoms with E-state index in [1.807, 2.05) is 0 Å². The Labute approximate surface area is 192 Å². The van der Waals surface area contributed by atoms with Crippen molar-refractivity contribution in [3.05, 3.63) is 0 Å². The molecule has 2 atom stereocenters. The largest absolute Gasteiger partial charge is 1.00 e. The molecule has 4 nitrogen and oxygen atoms in total. The van der Waals surface area contributed by atoms with Gasteiger partial charge in [-0.05, 0) is 12.8 Å². The van der Waals surface area contributed by atoms with Crippen molar-refractivity contribution in [2.24, 2.45) is 0 Å². The fraction of sp³-hybridized carbons (Fsp3) is 1.00. The summed E-state index contributed by atoms with van der Waals surface area (Å²) in [5.74, 6) is 0. The van der Waals surface area contributed by atoms with Gasteiger partial charge in [0, 0.05) is 0 Å². The Morgan fingerprint density at radius 3 is 1.54 bits per heavy atom. The van der Waals surface area contributed by atoms with Gasteiger partial charge in [0.15, 0.2) is 0 Å². The van der Waals surface area contributed by atoms with Crippen LogP contribution in [0.1, 0.15) is 104 Å². The molecule has 0 aromatic carbocycles. The third kappa shape index (κ3) is 15.7. The molecule has 0 spiro atoms. The van der Waals surface area contributed by atoms with Crippen LogP contribution in [0.15, 0.2) is 0 Å². The minimum absolute atomic E-state index is 0. The smallest absolute Gasteiger partial charge is 0.748 e. The van der Waals surface area contributed by atoms with Crippen molar-refractivity contribution in [3.8, 4) is 0 Å². The molecule has 0 aliphatic heterocycles. The van der Waals surface area contributed by atoms with Gasteiger partial charge in [-0.25, -0.2) is 8.42 Å². The van der Waals surface area contributed by atoms with Crippen LogP contribution in [0.2, 0.25) is 0 Å². The third-order valence-electron chi connectivity index (χ3n) is 4.50. The molecular formula is C18H37KO4S. The minimum atomic E-state index is -4.41. The van der Waals surface area contributed by atoms with Crippen molar-refractivity contribution in [1.82, 2.24) is 0 Å². The average Bonchev–Trinajstić information content (AvgIpc) is 2.48. The van der Waals surface area contributed by atoms with E-state index < -0.39 is 21.5 Å². The first-order valence-electron chi connectivity index (χ1n) is 9.56. The predicted molar refractivity (Wildman–Crippen MR) is 95.5 cm³/mol. The monoisotopic (exact) mass is 388 g/mol. The first kappa shape index (κ1) is 27.7. The molecule has 0 aromatic rings. The zero-order valence-corrected chi connectivity index (χ0v) is 20.1. The molecule has 0 saturated carbocycles. The maximum Gasteiger partial charge on any atom is 1.00 e. The Bertz CT molecular complexity index is 360. The first-order valence-corrected chi connectivity index (χ1v) is 11.0. The number of aliphatic hydroxyl groups excluding tert-OH is 1. The third-order valence-corrected chi connectivity index (χ3v) is 5.79. The van der Waals surface area contributed by atoms with Crippen molar-refractivity contribution in [1.29, 1.82) is 0 Å². The van der Waals surface area contributed by atoms with Crippen LogP contribution in [-0.4, -0.2) is 29.4 Å². The van der Waals surface area contributed by atoms with Gasteiger partial charge in [0.1, 0.15) is 10.1 Å². The summed E-state index contributed by atoms with van der Waals surface area (Å²) in [6.07, 6.45) is 12.5. The van der Waals surface area contributed by atoms with Gasteiger partial charge in [0.2, 0.25) is 0 Å². The van der Waals surface area contributed by atoms with Crippen LogP contribution in [0, 0.1) is 0 Å². The molecule has 0 amide bonds. The van der Waals surface area contributed by atoms with Crippen molar-refractivity contribution >= 4 is 10.1 Å². The summed E-state index contributed by atoms with van der Waals surface area (Å²) in [6.45, 7) is 4.31. The second-order valence-corrected chi connectivity index (χ2v) is 8.30. The van der Waals surface area contributed by atoms with E-state index in [0.717, 1.165) is 44.9 Å². The maximum absolute atomic E-state index is 11.4. The number of unbranched alkanes of at least 4 members (excludes halogenated alkanes) is 10. The minimum Gasteiger partial charge on any atom is -0.748 e. The Hall–Kier alpha value is 1.51.